The fraction of sp³-hybridized carbons (Fsp3) is 0.240. The molecule has 3 rings (SSSR count). The zero-order valence-electron chi connectivity index (χ0n) is 19.5. The molecule has 0 unspecified atom stereocenters. The standard InChI is InChI=1S/C25H24Cl2N2O5S/c1-5-34-24(32)13(2)9-18-19(26)10-15(11-20(18)27)23(31)29-25-28-21(12-35-25)17-8-6-7-16(14(3)30)22(17)33-4/h6-12,14,30H,5H2,1-4H3,(H,28,29,31)/b13-9+/t14-/m0/s1. The van der Waals surface area contributed by atoms with Crippen LogP contribution in [0.4, 0.5) is 5.13 Å². The molecule has 1 heterocycles. The van der Waals surface area contributed by atoms with E-state index >= 15 is 0 Å². The summed E-state index contributed by atoms with van der Waals surface area (Å²) in [6.07, 6.45) is 0.808. The van der Waals surface area contributed by atoms with Gasteiger partial charge in [0.1, 0.15) is 5.75 Å². The quantitative estimate of drug-likeness (QED) is 0.256. The zero-order valence-corrected chi connectivity index (χ0v) is 21.8. The van der Waals surface area contributed by atoms with Crippen LogP contribution in [-0.2, 0) is 9.53 Å². The molecule has 0 saturated carbocycles. The molecule has 0 aliphatic carbocycles. The van der Waals surface area contributed by atoms with Crippen LogP contribution in [0.15, 0.2) is 41.3 Å². The Morgan fingerprint density at radius 1 is 1.26 bits per heavy atom. The predicted molar refractivity (Wildman–Crippen MR) is 139 cm³/mol. The van der Waals surface area contributed by atoms with Crippen LogP contribution < -0.4 is 10.1 Å². The molecule has 0 spiro atoms. The Hall–Kier alpha value is -2.91. The lowest BCUT2D eigenvalue weighted by atomic mass is 10.0. The molecule has 0 aliphatic rings. The van der Waals surface area contributed by atoms with Gasteiger partial charge in [-0.2, -0.15) is 0 Å². The Morgan fingerprint density at radius 2 is 1.94 bits per heavy atom. The maximum atomic E-state index is 12.8. The van der Waals surface area contributed by atoms with Gasteiger partial charge in [0.05, 0.1) is 35.6 Å². The monoisotopic (exact) mass is 534 g/mol. The molecule has 10 heteroatoms. The van der Waals surface area contributed by atoms with Crippen molar-refractivity contribution >= 4 is 57.6 Å². The van der Waals surface area contributed by atoms with Gasteiger partial charge in [0, 0.05) is 33.2 Å². The predicted octanol–water partition coefficient (Wildman–Crippen LogP) is 6.40. The molecule has 1 aromatic heterocycles. The number of para-hydroxylation sites is 1. The highest BCUT2D eigenvalue weighted by Crippen LogP contribution is 2.37. The molecule has 0 aliphatic heterocycles. The molecule has 35 heavy (non-hydrogen) atoms. The number of anilines is 1. The number of nitrogens with zero attached hydrogens (tertiary/aromatic N) is 1. The van der Waals surface area contributed by atoms with Crippen LogP contribution in [0.3, 0.4) is 0 Å². The lowest BCUT2D eigenvalue weighted by Gasteiger charge is -2.14. The molecule has 0 saturated heterocycles. The number of methoxy groups -OCH3 is 1. The van der Waals surface area contributed by atoms with Crippen molar-refractivity contribution in [2.45, 2.75) is 26.9 Å². The van der Waals surface area contributed by atoms with Crippen LogP contribution in [0.2, 0.25) is 10.0 Å². The van der Waals surface area contributed by atoms with Gasteiger partial charge in [0.15, 0.2) is 5.13 Å². The third-order valence-corrected chi connectivity index (χ3v) is 6.38. The second-order valence-electron chi connectivity index (χ2n) is 7.50. The third-order valence-electron chi connectivity index (χ3n) is 5.00. The van der Waals surface area contributed by atoms with Gasteiger partial charge < -0.3 is 14.6 Å². The number of aliphatic hydroxyl groups excluding tert-OH is 1. The van der Waals surface area contributed by atoms with Crippen molar-refractivity contribution in [3.63, 3.8) is 0 Å². The Balaban J connectivity index is 1.83. The SMILES string of the molecule is CCOC(=O)/C(C)=C/c1c(Cl)cc(C(=O)Nc2nc(-c3cccc([C@H](C)O)c3OC)cs2)cc1Cl. The van der Waals surface area contributed by atoms with Crippen molar-refractivity contribution in [2.75, 3.05) is 19.0 Å². The summed E-state index contributed by atoms with van der Waals surface area (Å²) in [5, 5.41) is 15.3. The molecule has 0 fully saturated rings. The number of nitrogens with one attached hydrogen (secondary N) is 1. The fourth-order valence-corrected chi connectivity index (χ4v) is 4.61. The summed E-state index contributed by atoms with van der Waals surface area (Å²) in [5.74, 6) is -0.403. The third kappa shape index (κ3) is 6.21. The molecule has 2 aromatic carbocycles. The normalized spacial score (nSPS) is 12.3. The van der Waals surface area contributed by atoms with Crippen molar-refractivity contribution in [2.24, 2.45) is 0 Å². The van der Waals surface area contributed by atoms with E-state index in [0.29, 0.717) is 38.8 Å². The summed E-state index contributed by atoms with van der Waals surface area (Å²) in [7, 11) is 1.53. The van der Waals surface area contributed by atoms with Gasteiger partial charge in [-0.05, 0) is 45.0 Å². The van der Waals surface area contributed by atoms with E-state index in [1.807, 2.05) is 6.07 Å². The van der Waals surface area contributed by atoms with E-state index in [1.165, 1.54) is 36.7 Å². The number of esters is 1. The number of ether oxygens (including phenoxy) is 2. The second-order valence-corrected chi connectivity index (χ2v) is 9.17. The summed E-state index contributed by atoms with van der Waals surface area (Å²) in [6, 6.07) is 8.35. The van der Waals surface area contributed by atoms with Crippen LogP contribution >= 0.6 is 34.5 Å². The van der Waals surface area contributed by atoms with Crippen LogP contribution in [0.1, 0.15) is 48.4 Å². The number of hydrogen-bond acceptors (Lipinski definition) is 7. The summed E-state index contributed by atoms with van der Waals surface area (Å²) in [4.78, 5) is 29.2. The van der Waals surface area contributed by atoms with E-state index in [0.717, 1.165) is 0 Å². The number of halogens is 2. The average Bonchev–Trinajstić information content (AvgIpc) is 3.28. The Kier molecular flexibility index (Phi) is 8.91. The minimum absolute atomic E-state index is 0.214. The van der Waals surface area contributed by atoms with Gasteiger partial charge in [-0.1, -0.05) is 35.3 Å². The summed E-state index contributed by atoms with van der Waals surface area (Å²) in [5.41, 5.74) is 2.91. The highest BCUT2D eigenvalue weighted by Gasteiger charge is 2.18. The number of carbonyl (C=O) groups is 2. The molecule has 0 bridgehead atoms. The first-order valence-corrected chi connectivity index (χ1v) is 12.3. The van der Waals surface area contributed by atoms with Crippen molar-refractivity contribution in [1.82, 2.24) is 4.98 Å². The van der Waals surface area contributed by atoms with Crippen LogP contribution in [-0.4, -0.2) is 35.7 Å². The van der Waals surface area contributed by atoms with E-state index in [9.17, 15) is 14.7 Å². The topological polar surface area (TPSA) is 97.8 Å². The maximum absolute atomic E-state index is 12.8. The molecule has 0 radical (unpaired) electrons. The van der Waals surface area contributed by atoms with Gasteiger partial charge in [0.2, 0.25) is 0 Å². The number of carbonyl (C=O) groups excluding carboxylic acids is 2. The number of rotatable bonds is 8. The molecule has 3 aromatic rings. The van der Waals surface area contributed by atoms with Crippen LogP contribution in [0.5, 0.6) is 5.75 Å². The second kappa shape index (κ2) is 11.7. The minimum atomic E-state index is -0.712. The molecular formula is C25H24Cl2N2O5S. The first-order chi connectivity index (χ1) is 16.7. The highest BCUT2D eigenvalue weighted by atomic mass is 35.5. The van der Waals surface area contributed by atoms with E-state index in [1.54, 1.807) is 38.3 Å². The average molecular weight is 535 g/mol. The first-order valence-electron chi connectivity index (χ1n) is 10.6. The lowest BCUT2D eigenvalue weighted by Crippen LogP contribution is -2.12. The van der Waals surface area contributed by atoms with Crippen molar-refractivity contribution < 1.29 is 24.2 Å². The van der Waals surface area contributed by atoms with Crippen molar-refractivity contribution in [3.05, 3.63) is 68.0 Å². The lowest BCUT2D eigenvalue weighted by molar-refractivity contribution is -0.138. The molecule has 184 valence electrons. The summed E-state index contributed by atoms with van der Waals surface area (Å²) in [6.45, 7) is 5.22. The van der Waals surface area contributed by atoms with Crippen molar-refractivity contribution in [1.29, 1.82) is 0 Å². The van der Waals surface area contributed by atoms with Gasteiger partial charge in [0.25, 0.3) is 5.91 Å². The Labute approximate surface area is 217 Å². The van der Waals surface area contributed by atoms with Crippen LogP contribution in [0, 0.1) is 0 Å². The number of amides is 1. The van der Waals surface area contributed by atoms with Gasteiger partial charge in [-0.3, -0.25) is 10.1 Å². The summed E-state index contributed by atoms with van der Waals surface area (Å²) >= 11 is 14.0. The molecule has 2 N–H and O–H groups in total. The molecule has 1 atom stereocenters. The van der Waals surface area contributed by atoms with Gasteiger partial charge in [-0.25, -0.2) is 9.78 Å². The number of benzene rings is 2. The number of aliphatic hydroxyl groups is 1. The molecular weight excluding hydrogens is 511 g/mol. The number of thiazole rings is 1. The highest BCUT2D eigenvalue weighted by molar-refractivity contribution is 7.14. The van der Waals surface area contributed by atoms with E-state index in [-0.39, 0.29) is 22.2 Å². The smallest absolute Gasteiger partial charge is 0.333 e. The van der Waals surface area contributed by atoms with Gasteiger partial charge in [-0.15, -0.1) is 11.3 Å². The minimum Gasteiger partial charge on any atom is -0.496 e. The Morgan fingerprint density at radius 3 is 2.54 bits per heavy atom. The summed E-state index contributed by atoms with van der Waals surface area (Å²) < 4.78 is 10.5. The first kappa shape index (κ1) is 26.7. The van der Waals surface area contributed by atoms with Crippen molar-refractivity contribution in [3.8, 4) is 17.0 Å². The fourth-order valence-electron chi connectivity index (χ4n) is 3.31. The van der Waals surface area contributed by atoms with Crippen LogP contribution in [0.25, 0.3) is 17.3 Å². The number of hydrogen-bond donors (Lipinski definition) is 2. The number of aromatic nitrogens is 1. The molecule has 1 amide bonds. The largest absolute Gasteiger partial charge is 0.496 e. The van der Waals surface area contributed by atoms with E-state index in [4.69, 9.17) is 32.7 Å². The zero-order chi connectivity index (χ0) is 25.7. The molecule has 7 nitrogen and oxygen atoms in total. The Bertz CT molecular complexity index is 1260. The van der Waals surface area contributed by atoms with Gasteiger partial charge >= 0.3 is 5.97 Å². The van der Waals surface area contributed by atoms with E-state index < -0.39 is 18.0 Å². The maximum Gasteiger partial charge on any atom is 0.333 e. The van der Waals surface area contributed by atoms with E-state index in [2.05, 4.69) is 10.3 Å².